The Morgan fingerprint density at radius 2 is 2.21 bits per heavy atom. The van der Waals surface area contributed by atoms with E-state index in [2.05, 4.69) is 29.5 Å². The Morgan fingerprint density at radius 1 is 1.53 bits per heavy atom. The van der Waals surface area contributed by atoms with Gasteiger partial charge in [-0.25, -0.2) is 12.7 Å². The summed E-state index contributed by atoms with van der Waals surface area (Å²) in [6, 6.07) is 0.377. The summed E-state index contributed by atoms with van der Waals surface area (Å²) in [7, 11) is -1.30. The molecule has 1 aliphatic heterocycles. The lowest BCUT2D eigenvalue weighted by Gasteiger charge is -2.18. The predicted octanol–water partition coefficient (Wildman–Crippen LogP) is 0.231. The van der Waals surface area contributed by atoms with Gasteiger partial charge in [-0.15, -0.1) is 0 Å². The molecule has 7 heteroatoms. The van der Waals surface area contributed by atoms with Crippen molar-refractivity contribution in [1.82, 2.24) is 14.9 Å². The van der Waals surface area contributed by atoms with E-state index in [1.54, 1.807) is 11.4 Å². The van der Waals surface area contributed by atoms with Crippen LogP contribution in [0, 0.1) is 5.92 Å². The van der Waals surface area contributed by atoms with E-state index >= 15 is 0 Å². The van der Waals surface area contributed by atoms with Crippen molar-refractivity contribution in [2.75, 3.05) is 32.9 Å². The van der Waals surface area contributed by atoms with Crippen LogP contribution in [0.1, 0.15) is 26.7 Å². The average molecular weight is 290 g/mol. The highest BCUT2D eigenvalue weighted by atomic mass is 32.2. The minimum absolute atomic E-state index is 0.352. The number of hydrogen-bond acceptors (Lipinski definition) is 3. The fraction of sp³-hybridized carbons (Fsp3) is 0.917. The molecule has 1 rings (SSSR count). The van der Waals surface area contributed by atoms with E-state index in [1.807, 2.05) is 0 Å². The number of sulfonamides is 1. The van der Waals surface area contributed by atoms with E-state index in [-0.39, 0.29) is 0 Å². The molecule has 2 atom stereocenters. The van der Waals surface area contributed by atoms with E-state index in [1.165, 1.54) is 6.26 Å². The maximum atomic E-state index is 11.4. The fourth-order valence-corrected chi connectivity index (χ4v) is 2.95. The molecule has 1 aliphatic rings. The highest BCUT2D eigenvalue weighted by Gasteiger charge is 2.28. The first kappa shape index (κ1) is 16.2. The standard InChI is InChI=1S/C12H26N4O2S/c1-5-10(2)15-12(13-3)14-8-11-6-7-16(9-11)19(4,17)18/h10-11H,5-9H2,1-4H3,(H2,13,14,15). The van der Waals surface area contributed by atoms with Crippen molar-refractivity contribution in [2.45, 2.75) is 32.7 Å². The Hall–Kier alpha value is -0.820. The second-order valence-electron chi connectivity index (χ2n) is 5.18. The molecular formula is C12H26N4O2S. The van der Waals surface area contributed by atoms with E-state index in [0.29, 0.717) is 25.0 Å². The largest absolute Gasteiger partial charge is 0.356 e. The third-order valence-electron chi connectivity index (χ3n) is 3.49. The SMILES string of the molecule is CCC(C)NC(=NC)NCC1CCN(S(C)(=O)=O)C1. The van der Waals surface area contributed by atoms with Crippen molar-refractivity contribution in [3.63, 3.8) is 0 Å². The molecule has 0 amide bonds. The van der Waals surface area contributed by atoms with Gasteiger partial charge < -0.3 is 10.6 Å². The van der Waals surface area contributed by atoms with Crippen LogP contribution < -0.4 is 10.6 Å². The number of rotatable bonds is 5. The van der Waals surface area contributed by atoms with Crippen LogP contribution in [-0.2, 0) is 10.0 Å². The van der Waals surface area contributed by atoms with Gasteiger partial charge in [-0.3, -0.25) is 4.99 Å². The van der Waals surface area contributed by atoms with Crippen molar-refractivity contribution in [2.24, 2.45) is 10.9 Å². The zero-order chi connectivity index (χ0) is 14.5. The molecule has 1 saturated heterocycles. The lowest BCUT2D eigenvalue weighted by molar-refractivity contribution is 0.458. The summed E-state index contributed by atoms with van der Waals surface area (Å²) in [5.41, 5.74) is 0. The summed E-state index contributed by atoms with van der Waals surface area (Å²) in [6.07, 6.45) is 3.21. The lowest BCUT2D eigenvalue weighted by atomic mass is 10.1. The summed E-state index contributed by atoms with van der Waals surface area (Å²) >= 11 is 0. The van der Waals surface area contributed by atoms with Crippen LogP contribution in [-0.4, -0.2) is 57.7 Å². The zero-order valence-electron chi connectivity index (χ0n) is 12.3. The number of guanidine groups is 1. The lowest BCUT2D eigenvalue weighted by Crippen LogP contribution is -2.44. The summed E-state index contributed by atoms with van der Waals surface area (Å²) < 4.78 is 24.4. The molecule has 0 spiro atoms. The summed E-state index contributed by atoms with van der Waals surface area (Å²) in [5, 5.41) is 6.55. The van der Waals surface area contributed by atoms with Crippen LogP contribution in [0.2, 0.25) is 0 Å². The Kier molecular flexibility index (Phi) is 6.06. The van der Waals surface area contributed by atoms with Crippen molar-refractivity contribution in [3.8, 4) is 0 Å². The molecule has 0 aromatic carbocycles. The van der Waals surface area contributed by atoms with Gasteiger partial charge in [-0.05, 0) is 25.7 Å². The third-order valence-corrected chi connectivity index (χ3v) is 4.76. The third kappa shape index (κ3) is 5.36. The van der Waals surface area contributed by atoms with E-state index in [4.69, 9.17) is 0 Å². The second-order valence-corrected chi connectivity index (χ2v) is 7.16. The van der Waals surface area contributed by atoms with Crippen molar-refractivity contribution < 1.29 is 8.42 Å². The normalized spacial score (nSPS) is 23.4. The van der Waals surface area contributed by atoms with Gasteiger partial charge in [-0.1, -0.05) is 6.92 Å². The molecule has 0 aromatic heterocycles. The van der Waals surface area contributed by atoms with Gasteiger partial charge in [0.2, 0.25) is 10.0 Å². The smallest absolute Gasteiger partial charge is 0.211 e. The fourth-order valence-electron chi connectivity index (χ4n) is 2.04. The molecule has 0 aromatic rings. The monoisotopic (exact) mass is 290 g/mol. The zero-order valence-corrected chi connectivity index (χ0v) is 13.1. The van der Waals surface area contributed by atoms with Gasteiger partial charge in [0, 0.05) is 32.7 Å². The van der Waals surface area contributed by atoms with Crippen molar-refractivity contribution in [3.05, 3.63) is 0 Å². The first-order valence-corrected chi connectivity index (χ1v) is 8.64. The van der Waals surface area contributed by atoms with Gasteiger partial charge in [0.05, 0.1) is 6.26 Å². The highest BCUT2D eigenvalue weighted by Crippen LogP contribution is 2.17. The molecule has 112 valence electrons. The molecule has 6 nitrogen and oxygen atoms in total. The van der Waals surface area contributed by atoms with Crippen LogP contribution in [0.25, 0.3) is 0 Å². The van der Waals surface area contributed by atoms with Gasteiger partial charge in [0.15, 0.2) is 5.96 Å². The van der Waals surface area contributed by atoms with E-state index in [9.17, 15) is 8.42 Å². The van der Waals surface area contributed by atoms with Gasteiger partial charge in [0.25, 0.3) is 0 Å². The number of nitrogens with one attached hydrogen (secondary N) is 2. The molecule has 0 aliphatic carbocycles. The average Bonchev–Trinajstić information content (AvgIpc) is 2.82. The molecule has 0 radical (unpaired) electrons. The summed E-state index contributed by atoms with van der Waals surface area (Å²) in [5.74, 6) is 1.14. The van der Waals surface area contributed by atoms with Crippen LogP contribution >= 0.6 is 0 Å². The topological polar surface area (TPSA) is 73.8 Å². The van der Waals surface area contributed by atoms with Gasteiger partial charge in [-0.2, -0.15) is 0 Å². The highest BCUT2D eigenvalue weighted by molar-refractivity contribution is 7.88. The minimum atomic E-state index is -3.04. The molecule has 0 saturated carbocycles. The number of nitrogens with zero attached hydrogens (tertiary/aromatic N) is 2. The maximum Gasteiger partial charge on any atom is 0.211 e. The Morgan fingerprint density at radius 3 is 2.68 bits per heavy atom. The quantitative estimate of drug-likeness (QED) is 0.561. The molecule has 2 N–H and O–H groups in total. The van der Waals surface area contributed by atoms with Crippen LogP contribution in [0.5, 0.6) is 0 Å². The summed E-state index contributed by atoms with van der Waals surface area (Å²) in [6.45, 7) is 6.20. The Bertz CT molecular complexity index is 408. The first-order valence-electron chi connectivity index (χ1n) is 6.79. The molecule has 2 unspecified atom stereocenters. The molecular weight excluding hydrogens is 264 g/mol. The predicted molar refractivity (Wildman–Crippen MR) is 78.8 cm³/mol. The van der Waals surface area contributed by atoms with E-state index in [0.717, 1.165) is 25.3 Å². The molecule has 1 fully saturated rings. The second kappa shape index (κ2) is 7.09. The van der Waals surface area contributed by atoms with Crippen molar-refractivity contribution in [1.29, 1.82) is 0 Å². The Balaban J connectivity index is 2.37. The van der Waals surface area contributed by atoms with Crippen LogP contribution in [0.4, 0.5) is 0 Å². The van der Waals surface area contributed by atoms with Crippen LogP contribution in [0.3, 0.4) is 0 Å². The van der Waals surface area contributed by atoms with Crippen molar-refractivity contribution >= 4 is 16.0 Å². The minimum Gasteiger partial charge on any atom is -0.356 e. The van der Waals surface area contributed by atoms with Gasteiger partial charge >= 0.3 is 0 Å². The summed E-state index contributed by atoms with van der Waals surface area (Å²) in [4.78, 5) is 4.17. The Labute approximate surface area is 116 Å². The van der Waals surface area contributed by atoms with E-state index < -0.39 is 10.0 Å². The molecule has 0 bridgehead atoms. The van der Waals surface area contributed by atoms with Gasteiger partial charge in [0.1, 0.15) is 0 Å². The maximum absolute atomic E-state index is 11.4. The molecule has 19 heavy (non-hydrogen) atoms. The number of hydrogen-bond donors (Lipinski definition) is 2. The molecule has 1 heterocycles. The number of aliphatic imine (C=N–C) groups is 1. The first-order chi connectivity index (χ1) is 8.86. The van der Waals surface area contributed by atoms with Crippen LogP contribution in [0.15, 0.2) is 4.99 Å².